The molecule has 0 fully saturated rings. The van der Waals surface area contributed by atoms with Crippen molar-refractivity contribution in [3.8, 4) is 22.3 Å². The molecule has 0 spiro atoms. The zero-order chi connectivity index (χ0) is 29.8. The van der Waals surface area contributed by atoms with E-state index in [0.717, 1.165) is 39.0 Å². The maximum atomic E-state index is 6.52. The molecule has 0 atom stereocenters. The van der Waals surface area contributed by atoms with Gasteiger partial charge in [0.1, 0.15) is 11.2 Å². The number of benzene rings is 6. The zero-order valence-electron chi connectivity index (χ0n) is 25.5. The Labute approximate surface area is 258 Å². The summed E-state index contributed by atoms with van der Waals surface area (Å²) in [5.74, 6) is 0. The minimum Gasteiger partial charge on any atom is -0.456 e. The Morgan fingerprint density at radius 3 is 1.68 bits per heavy atom. The quantitative estimate of drug-likeness (QED) is 0.211. The molecule has 1 heterocycles. The lowest BCUT2D eigenvalue weighted by Gasteiger charge is -2.28. The van der Waals surface area contributed by atoms with E-state index in [9.17, 15) is 0 Å². The molecule has 2 heteroatoms. The zero-order valence-corrected chi connectivity index (χ0v) is 25.5. The van der Waals surface area contributed by atoms with Crippen molar-refractivity contribution in [3.63, 3.8) is 0 Å². The molecule has 9 rings (SSSR count). The summed E-state index contributed by atoms with van der Waals surface area (Å²) < 4.78 is 6.52. The Balaban J connectivity index is 1.24. The highest BCUT2D eigenvalue weighted by Gasteiger charge is 2.37. The van der Waals surface area contributed by atoms with Crippen molar-refractivity contribution in [3.05, 3.63) is 150 Å². The van der Waals surface area contributed by atoms with Crippen LogP contribution in [0.15, 0.2) is 132 Å². The van der Waals surface area contributed by atoms with Gasteiger partial charge in [-0.2, -0.15) is 0 Å². The van der Waals surface area contributed by atoms with E-state index in [0.29, 0.717) is 0 Å². The highest BCUT2D eigenvalue weighted by Crippen LogP contribution is 2.52. The van der Waals surface area contributed by atoms with Gasteiger partial charge in [-0.15, -0.1) is 0 Å². The second kappa shape index (κ2) is 8.74. The Hall–Kier alpha value is -5.08. The van der Waals surface area contributed by atoms with E-state index in [1.807, 2.05) is 0 Å². The smallest absolute Gasteiger partial charge is 0.135 e. The SMILES string of the molecule is CC1(C)c2ccccc2-c2ccc(N(c3ccccc3)c3ccc4oc5cc6c(cc5c4c3)-c3ccccc3C6(C)C)cc21. The number of nitrogens with zero attached hydrogens (tertiary/aromatic N) is 1. The third-order valence-corrected chi connectivity index (χ3v) is 10.3. The second-order valence-electron chi connectivity index (χ2n) is 13.4. The van der Waals surface area contributed by atoms with Gasteiger partial charge < -0.3 is 9.32 Å². The van der Waals surface area contributed by atoms with Gasteiger partial charge in [0.05, 0.1) is 0 Å². The first kappa shape index (κ1) is 25.4. The molecule has 2 nitrogen and oxygen atoms in total. The minimum atomic E-state index is -0.0700. The third kappa shape index (κ3) is 3.37. The third-order valence-electron chi connectivity index (χ3n) is 10.3. The van der Waals surface area contributed by atoms with E-state index in [4.69, 9.17) is 4.42 Å². The van der Waals surface area contributed by atoms with Crippen molar-refractivity contribution in [2.45, 2.75) is 38.5 Å². The van der Waals surface area contributed by atoms with Crippen molar-refractivity contribution >= 4 is 39.0 Å². The predicted octanol–water partition coefficient (Wildman–Crippen LogP) is 11.7. The molecule has 6 aromatic carbocycles. The van der Waals surface area contributed by atoms with E-state index in [2.05, 4.69) is 160 Å². The summed E-state index contributed by atoms with van der Waals surface area (Å²) in [5, 5.41) is 2.30. The molecule has 44 heavy (non-hydrogen) atoms. The van der Waals surface area contributed by atoms with Crippen LogP contribution in [0.2, 0.25) is 0 Å². The number of anilines is 3. The van der Waals surface area contributed by atoms with Crippen molar-refractivity contribution < 1.29 is 4.42 Å². The number of furan rings is 1. The molecule has 212 valence electrons. The van der Waals surface area contributed by atoms with Gasteiger partial charge in [-0.1, -0.05) is 100 Å². The van der Waals surface area contributed by atoms with Crippen LogP contribution in [-0.4, -0.2) is 0 Å². The van der Waals surface area contributed by atoms with Gasteiger partial charge in [-0.05, 0) is 99.1 Å². The first-order chi connectivity index (χ1) is 21.3. The van der Waals surface area contributed by atoms with Gasteiger partial charge in [0, 0.05) is 38.7 Å². The van der Waals surface area contributed by atoms with Crippen LogP contribution < -0.4 is 4.90 Å². The molecule has 0 saturated heterocycles. The summed E-state index contributed by atoms with van der Waals surface area (Å²) in [6, 6.07) is 46.6. The van der Waals surface area contributed by atoms with Gasteiger partial charge in [0.15, 0.2) is 0 Å². The molecule has 0 saturated carbocycles. The first-order valence-electron chi connectivity index (χ1n) is 15.5. The van der Waals surface area contributed by atoms with Crippen LogP contribution in [-0.2, 0) is 10.8 Å². The highest BCUT2D eigenvalue weighted by atomic mass is 16.3. The molecule has 0 amide bonds. The molecule has 0 radical (unpaired) electrons. The molecule has 2 aliphatic carbocycles. The maximum Gasteiger partial charge on any atom is 0.135 e. The summed E-state index contributed by atoms with van der Waals surface area (Å²) in [4.78, 5) is 2.38. The van der Waals surface area contributed by atoms with E-state index in [1.165, 1.54) is 44.5 Å². The Bertz CT molecular complexity index is 2290. The van der Waals surface area contributed by atoms with Gasteiger partial charge >= 0.3 is 0 Å². The molecule has 0 N–H and O–H groups in total. The summed E-state index contributed by atoms with van der Waals surface area (Å²) in [6.45, 7) is 9.32. The van der Waals surface area contributed by atoms with E-state index in [1.54, 1.807) is 0 Å². The molecule has 0 unspecified atom stereocenters. The predicted molar refractivity (Wildman–Crippen MR) is 184 cm³/mol. The van der Waals surface area contributed by atoms with Crippen LogP contribution in [0.5, 0.6) is 0 Å². The number of rotatable bonds is 3. The van der Waals surface area contributed by atoms with E-state index >= 15 is 0 Å². The van der Waals surface area contributed by atoms with Gasteiger partial charge in [-0.25, -0.2) is 0 Å². The van der Waals surface area contributed by atoms with Crippen LogP contribution in [0.25, 0.3) is 44.2 Å². The monoisotopic (exact) mass is 567 g/mol. The van der Waals surface area contributed by atoms with Crippen LogP contribution >= 0.6 is 0 Å². The molecule has 0 aliphatic heterocycles. The largest absolute Gasteiger partial charge is 0.456 e. The fourth-order valence-corrected chi connectivity index (χ4v) is 7.95. The summed E-state index contributed by atoms with van der Waals surface area (Å²) >= 11 is 0. The molecular formula is C42H33NO. The van der Waals surface area contributed by atoms with Crippen LogP contribution in [0.3, 0.4) is 0 Å². The van der Waals surface area contributed by atoms with Crippen molar-refractivity contribution in [2.24, 2.45) is 0 Å². The fraction of sp³-hybridized carbons (Fsp3) is 0.143. The first-order valence-corrected chi connectivity index (χ1v) is 15.5. The van der Waals surface area contributed by atoms with Crippen LogP contribution in [0.1, 0.15) is 49.9 Å². The number of fused-ring (bicyclic) bond motifs is 9. The van der Waals surface area contributed by atoms with Crippen molar-refractivity contribution in [1.29, 1.82) is 0 Å². The lowest BCUT2D eigenvalue weighted by Crippen LogP contribution is -2.16. The second-order valence-corrected chi connectivity index (χ2v) is 13.4. The molecular weight excluding hydrogens is 534 g/mol. The molecule has 1 aromatic heterocycles. The highest BCUT2D eigenvalue weighted by molar-refractivity contribution is 6.09. The summed E-state index contributed by atoms with van der Waals surface area (Å²) in [6.07, 6.45) is 0. The number of hydrogen-bond acceptors (Lipinski definition) is 2. The maximum absolute atomic E-state index is 6.52. The van der Waals surface area contributed by atoms with E-state index in [-0.39, 0.29) is 10.8 Å². The minimum absolute atomic E-state index is 0.0602. The Morgan fingerprint density at radius 1 is 0.409 bits per heavy atom. The van der Waals surface area contributed by atoms with Crippen LogP contribution in [0.4, 0.5) is 17.1 Å². The lowest BCUT2D eigenvalue weighted by atomic mass is 9.82. The normalized spacial score (nSPS) is 15.2. The topological polar surface area (TPSA) is 16.4 Å². The molecule has 2 aliphatic rings. The lowest BCUT2D eigenvalue weighted by molar-refractivity contribution is 0.647. The number of para-hydroxylation sites is 1. The molecule has 7 aromatic rings. The van der Waals surface area contributed by atoms with Gasteiger partial charge in [0.2, 0.25) is 0 Å². The fourth-order valence-electron chi connectivity index (χ4n) is 7.95. The number of hydrogen-bond donors (Lipinski definition) is 0. The van der Waals surface area contributed by atoms with Gasteiger partial charge in [-0.3, -0.25) is 0 Å². The van der Waals surface area contributed by atoms with Crippen LogP contribution in [0, 0.1) is 0 Å². The van der Waals surface area contributed by atoms with Crippen molar-refractivity contribution in [2.75, 3.05) is 4.90 Å². The van der Waals surface area contributed by atoms with E-state index < -0.39 is 0 Å². The average Bonchev–Trinajstić information content (AvgIpc) is 3.60. The summed E-state index contributed by atoms with van der Waals surface area (Å²) in [5.41, 5.74) is 15.9. The average molecular weight is 568 g/mol. The summed E-state index contributed by atoms with van der Waals surface area (Å²) in [7, 11) is 0. The van der Waals surface area contributed by atoms with Crippen molar-refractivity contribution in [1.82, 2.24) is 0 Å². The molecule has 0 bridgehead atoms. The van der Waals surface area contributed by atoms with Gasteiger partial charge in [0.25, 0.3) is 0 Å². The standard InChI is InChI=1S/C42H33NO/c1-41(2)35-16-10-8-14-29(35)31-20-18-28(23-37(31)41)43(26-12-6-5-7-13-26)27-19-21-39-33(22-27)34-24-32-30-15-9-11-17-36(30)42(3,4)38(32)25-40(34)44-39/h5-25H,1-4H3. The Kier molecular flexibility index (Phi) is 5.05. The Morgan fingerprint density at radius 2 is 0.955 bits per heavy atom.